The molecular weight excluding hydrogens is 515 g/mol. The van der Waals surface area contributed by atoms with Gasteiger partial charge in [-0.25, -0.2) is 0 Å². The summed E-state index contributed by atoms with van der Waals surface area (Å²) >= 11 is 1.36. The van der Waals surface area contributed by atoms with Crippen molar-refractivity contribution < 1.29 is 23.3 Å². The SMILES string of the molecule is Cc1cc2ccccc2[cH-]1.Cc1cc2ccccc2[cH-]1.Cl.Cl.[CH3-].[Si]=[Zr].[c-]1ccccc1. The van der Waals surface area contributed by atoms with Crippen molar-refractivity contribution in [2.24, 2.45) is 0 Å². The van der Waals surface area contributed by atoms with Crippen molar-refractivity contribution in [3.63, 3.8) is 0 Å². The summed E-state index contributed by atoms with van der Waals surface area (Å²) in [5, 5.41) is 5.39. The molecule has 2 radical (unpaired) electrons. The fourth-order valence-corrected chi connectivity index (χ4v) is 2.95. The summed E-state index contributed by atoms with van der Waals surface area (Å²) in [6, 6.07) is 38.2. The number of hydrogen-bond donors (Lipinski definition) is 0. The molecule has 4 heteroatoms. The Hall–Kier alpha value is -1.44. The number of fused-ring (bicyclic) bond motifs is 2. The minimum absolute atomic E-state index is 0. The molecule has 0 atom stereocenters. The van der Waals surface area contributed by atoms with Crippen molar-refractivity contribution in [1.82, 2.24) is 0 Å². The third kappa shape index (κ3) is 11.1. The maximum absolute atomic E-state index is 3.06. The molecule has 0 heterocycles. The van der Waals surface area contributed by atoms with Gasteiger partial charge in [-0.1, -0.05) is 26.0 Å². The molecule has 0 saturated heterocycles. The molecule has 0 saturated carbocycles. The van der Waals surface area contributed by atoms with E-state index in [2.05, 4.69) is 99.6 Å². The molecule has 0 N–H and O–H groups in total. The summed E-state index contributed by atoms with van der Waals surface area (Å²) in [4.78, 5) is 0. The van der Waals surface area contributed by atoms with Crippen molar-refractivity contribution >= 4 is 53.2 Å². The molecule has 5 aromatic rings. The van der Waals surface area contributed by atoms with Gasteiger partial charge in [0, 0.05) is 0 Å². The maximum atomic E-state index is 3.06. The molecule has 0 nitrogen and oxygen atoms in total. The van der Waals surface area contributed by atoms with Gasteiger partial charge in [0.05, 0.1) is 0 Å². The second kappa shape index (κ2) is 18.2. The van der Waals surface area contributed by atoms with Crippen LogP contribution in [0.3, 0.4) is 0 Å². The average Bonchev–Trinajstić information content (AvgIpc) is 3.32. The molecule has 0 spiro atoms. The molecule has 0 unspecified atom stereocenters. The predicted octanol–water partition coefficient (Wildman–Crippen LogP) is 8.13. The van der Waals surface area contributed by atoms with Crippen LogP contribution in [-0.2, 0) is 23.3 Å². The van der Waals surface area contributed by atoms with Gasteiger partial charge >= 0.3 is 30.2 Å². The van der Waals surface area contributed by atoms with E-state index in [0.29, 0.717) is 0 Å². The Kier molecular flexibility index (Phi) is 18.6. The van der Waals surface area contributed by atoms with Crippen LogP contribution in [0.25, 0.3) is 21.5 Å². The molecule has 5 aromatic carbocycles. The van der Waals surface area contributed by atoms with Gasteiger partial charge in [-0.2, -0.15) is 48.5 Å². The van der Waals surface area contributed by atoms with Gasteiger partial charge in [0.15, 0.2) is 0 Å². The van der Waals surface area contributed by atoms with E-state index in [4.69, 9.17) is 0 Å². The van der Waals surface area contributed by atoms with Gasteiger partial charge in [-0.05, 0) is 0 Å². The number of benzene rings is 3. The molecule has 0 aliphatic carbocycles. The molecule has 0 aromatic heterocycles. The van der Waals surface area contributed by atoms with Gasteiger partial charge in [0.25, 0.3) is 0 Å². The Balaban J connectivity index is 0. The molecule has 5 rings (SSSR count). The Labute approximate surface area is 216 Å². The molecule has 0 amide bonds. The Morgan fingerprint density at radius 3 is 1.32 bits per heavy atom. The molecule has 0 aliphatic heterocycles. The Morgan fingerprint density at radius 2 is 1.03 bits per heavy atom. The largest absolute Gasteiger partial charge is 0.184 e. The normalized spacial score (nSPS) is 8.42. The molecular formula is C27H28Cl2SiZr-4. The summed E-state index contributed by atoms with van der Waals surface area (Å²) in [6.45, 7) is 7.31. The first kappa shape index (κ1) is 31.7. The van der Waals surface area contributed by atoms with Crippen molar-refractivity contribution in [3.8, 4) is 0 Å². The topological polar surface area (TPSA) is 0 Å². The summed E-state index contributed by atoms with van der Waals surface area (Å²) in [5.74, 6) is 0. The zero-order valence-electron chi connectivity index (χ0n) is 18.1. The van der Waals surface area contributed by atoms with E-state index in [9.17, 15) is 0 Å². The second-order valence-electron chi connectivity index (χ2n) is 6.40. The van der Waals surface area contributed by atoms with E-state index in [-0.39, 0.29) is 32.2 Å². The zero-order valence-corrected chi connectivity index (χ0v) is 23.2. The first-order valence-corrected chi connectivity index (χ1v) is 13.3. The first-order valence-electron chi connectivity index (χ1n) is 9.12. The summed E-state index contributed by atoms with van der Waals surface area (Å²) in [5.41, 5.74) is 2.70. The maximum Gasteiger partial charge on any atom is -0.171 e. The summed E-state index contributed by atoms with van der Waals surface area (Å²) in [6.07, 6.45) is 0. The number of rotatable bonds is 0. The average molecular weight is 543 g/mol. The molecule has 0 aliphatic rings. The van der Waals surface area contributed by atoms with E-state index in [1.54, 1.807) is 0 Å². The second-order valence-corrected chi connectivity index (χ2v) is 6.40. The molecule has 0 fully saturated rings. The fraction of sp³-hybridized carbons (Fsp3) is 0.0741. The van der Waals surface area contributed by atoms with E-state index >= 15 is 0 Å². The third-order valence-electron chi connectivity index (χ3n) is 4.13. The van der Waals surface area contributed by atoms with Crippen LogP contribution in [0, 0.1) is 27.3 Å². The number of aryl methyl sites for hydroxylation is 2. The Morgan fingerprint density at radius 1 is 0.645 bits per heavy atom. The summed E-state index contributed by atoms with van der Waals surface area (Å²) < 4.78 is 0. The smallest absolute Gasteiger partial charge is 0.171 e. The van der Waals surface area contributed by atoms with Crippen LogP contribution in [0.1, 0.15) is 11.1 Å². The van der Waals surface area contributed by atoms with E-state index in [0.717, 1.165) is 0 Å². The van der Waals surface area contributed by atoms with Crippen LogP contribution >= 0.6 is 24.8 Å². The molecule has 31 heavy (non-hydrogen) atoms. The predicted molar refractivity (Wildman–Crippen MR) is 140 cm³/mol. The van der Waals surface area contributed by atoms with Crippen molar-refractivity contribution in [3.05, 3.63) is 128 Å². The fourth-order valence-electron chi connectivity index (χ4n) is 2.95. The van der Waals surface area contributed by atoms with Crippen LogP contribution in [-0.4, -0.2) is 6.88 Å². The van der Waals surface area contributed by atoms with Gasteiger partial charge in [0.2, 0.25) is 0 Å². The minimum Gasteiger partial charge on any atom is -0.184 e. The van der Waals surface area contributed by atoms with Gasteiger partial charge in [-0.15, -0.1) is 106 Å². The number of halogens is 2. The van der Waals surface area contributed by atoms with Crippen LogP contribution in [0.4, 0.5) is 0 Å². The molecule has 0 bridgehead atoms. The van der Waals surface area contributed by atoms with Crippen molar-refractivity contribution in [2.45, 2.75) is 13.8 Å². The first-order chi connectivity index (χ1) is 13.7. The monoisotopic (exact) mass is 540 g/mol. The summed E-state index contributed by atoms with van der Waals surface area (Å²) in [7, 11) is 0. The van der Waals surface area contributed by atoms with Crippen LogP contribution in [0.2, 0.25) is 0 Å². The van der Waals surface area contributed by atoms with Crippen LogP contribution < -0.4 is 0 Å². The third-order valence-corrected chi connectivity index (χ3v) is 4.13. The Bertz CT molecular complexity index is 919. The van der Waals surface area contributed by atoms with Crippen LogP contribution in [0.5, 0.6) is 0 Å². The van der Waals surface area contributed by atoms with Gasteiger partial charge in [-0.3, -0.25) is 0 Å². The van der Waals surface area contributed by atoms with E-state index in [1.165, 1.54) is 56.0 Å². The van der Waals surface area contributed by atoms with Crippen molar-refractivity contribution in [2.75, 3.05) is 0 Å². The quantitative estimate of drug-likeness (QED) is 0.137. The minimum atomic E-state index is 0. The zero-order chi connectivity index (χ0) is 20.2. The van der Waals surface area contributed by atoms with Crippen molar-refractivity contribution in [1.29, 1.82) is 0 Å². The molecule has 162 valence electrons. The van der Waals surface area contributed by atoms with E-state index in [1.807, 2.05) is 30.3 Å². The number of hydrogen-bond acceptors (Lipinski definition) is 0. The van der Waals surface area contributed by atoms with Crippen LogP contribution in [0.15, 0.2) is 103 Å². The standard InChI is InChI=1S/2C10H9.C6H5.CH3.2ClH.Si.Zr/c2*1-8-6-9-4-2-3-5-10(9)7-8;1-2-4-6-5-3-1;;;;;/h2*2-7H,1H3;1-5H;1H3;2*1H;;/q4*-1;;;;. The van der Waals surface area contributed by atoms with E-state index < -0.39 is 0 Å². The van der Waals surface area contributed by atoms with Gasteiger partial charge in [0.1, 0.15) is 0 Å². The van der Waals surface area contributed by atoms with Gasteiger partial charge < -0.3 is 7.43 Å².